The van der Waals surface area contributed by atoms with E-state index in [4.69, 9.17) is 18.0 Å². The molecule has 0 spiro atoms. The maximum atomic E-state index is 13.8. The Morgan fingerprint density at radius 2 is 1.79 bits per heavy atom. The smallest absolute Gasteiger partial charge is 0.397 e. The molecule has 33 heavy (non-hydrogen) atoms. The molecule has 2 heterocycles. The van der Waals surface area contributed by atoms with Crippen LogP contribution in [-0.4, -0.2) is 14.1 Å². The topological polar surface area (TPSA) is 112 Å². The number of halogens is 5. The van der Waals surface area contributed by atoms with Crippen LogP contribution in [0.3, 0.4) is 0 Å². The Morgan fingerprint density at radius 1 is 1.15 bits per heavy atom. The fourth-order valence-corrected chi connectivity index (χ4v) is 3.11. The van der Waals surface area contributed by atoms with E-state index >= 15 is 0 Å². The monoisotopic (exact) mass is 466 g/mol. The predicted molar refractivity (Wildman–Crippen MR) is 110 cm³/mol. The molecule has 172 valence electrons. The molecule has 0 aliphatic carbocycles. The van der Waals surface area contributed by atoms with Gasteiger partial charge in [0.05, 0.1) is 41.1 Å². The summed E-state index contributed by atoms with van der Waals surface area (Å²) in [7, 11) is 0. The third-order valence-corrected chi connectivity index (χ3v) is 4.70. The van der Waals surface area contributed by atoms with Crippen LogP contribution in [0.25, 0.3) is 5.69 Å². The van der Waals surface area contributed by atoms with Gasteiger partial charge in [-0.05, 0) is 13.0 Å². The lowest BCUT2D eigenvalue weighted by atomic mass is 10.2. The number of nitrogens with zero attached hydrogens (tertiary/aromatic N) is 4. The Labute approximate surface area is 182 Å². The van der Waals surface area contributed by atoms with Crippen LogP contribution in [0, 0.1) is 30.9 Å². The summed E-state index contributed by atoms with van der Waals surface area (Å²) in [5.74, 6) is 5.58. The van der Waals surface area contributed by atoms with E-state index in [1.54, 1.807) is 0 Å². The van der Waals surface area contributed by atoms with E-state index in [9.17, 15) is 31.5 Å². The molecular weight excluding hydrogens is 451 g/mol. The molecule has 8 nitrogen and oxygen atoms in total. The molecule has 0 atom stereocenters. The summed E-state index contributed by atoms with van der Waals surface area (Å²) >= 11 is 0. The lowest BCUT2D eigenvalue weighted by molar-refractivity contribution is -0.137. The lowest BCUT2D eigenvalue weighted by Gasteiger charge is -2.24. The van der Waals surface area contributed by atoms with Gasteiger partial charge in [-0.25, -0.2) is 24.0 Å². The molecule has 2 aromatic heterocycles. The third kappa shape index (κ3) is 4.15. The standard InChI is InChI=1S/C20H15F5N6O2/c1-3-4-29-10(2)17(31(27)16-7-14(22)13(21)6-15(16)26)18(32)30(19(29)33)12-5-11(8-28-9-12)20(23,24)25/h1,5-9H,4,26-27H2,2H3. The van der Waals surface area contributed by atoms with E-state index in [0.29, 0.717) is 34.0 Å². The minimum absolute atomic E-state index is 0.0919. The van der Waals surface area contributed by atoms with Gasteiger partial charge in [0.1, 0.15) is 5.69 Å². The van der Waals surface area contributed by atoms with Gasteiger partial charge in [0, 0.05) is 18.3 Å². The summed E-state index contributed by atoms with van der Waals surface area (Å²) in [4.78, 5) is 29.7. The molecule has 0 amide bonds. The number of alkyl halides is 3. The Bertz CT molecular complexity index is 1400. The summed E-state index contributed by atoms with van der Waals surface area (Å²) in [5.41, 5.74) is 0.483. The summed E-state index contributed by atoms with van der Waals surface area (Å²) in [6, 6.07) is 1.80. The highest BCUT2D eigenvalue weighted by Crippen LogP contribution is 2.31. The van der Waals surface area contributed by atoms with E-state index in [1.165, 1.54) is 6.92 Å². The van der Waals surface area contributed by atoms with Gasteiger partial charge in [-0.15, -0.1) is 6.42 Å². The van der Waals surface area contributed by atoms with E-state index in [0.717, 1.165) is 10.8 Å². The average Bonchev–Trinajstić information content (AvgIpc) is 2.73. The Balaban J connectivity index is 2.38. The van der Waals surface area contributed by atoms with Crippen molar-refractivity contribution in [2.75, 3.05) is 10.7 Å². The molecule has 0 aliphatic rings. The van der Waals surface area contributed by atoms with Crippen LogP contribution < -0.4 is 27.8 Å². The fourth-order valence-electron chi connectivity index (χ4n) is 3.11. The van der Waals surface area contributed by atoms with Crippen molar-refractivity contribution in [3.8, 4) is 18.0 Å². The van der Waals surface area contributed by atoms with Gasteiger partial charge in [-0.2, -0.15) is 13.2 Å². The van der Waals surface area contributed by atoms with Crippen molar-refractivity contribution in [1.29, 1.82) is 0 Å². The third-order valence-electron chi connectivity index (χ3n) is 4.70. The van der Waals surface area contributed by atoms with Crippen molar-refractivity contribution in [2.24, 2.45) is 5.84 Å². The second-order valence-corrected chi connectivity index (χ2v) is 6.77. The van der Waals surface area contributed by atoms with Gasteiger partial charge in [-0.3, -0.25) is 19.4 Å². The van der Waals surface area contributed by atoms with E-state index in [-0.39, 0.29) is 23.6 Å². The van der Waals surface area contributed by atoms with Crippen LogP contribution in [0.2, 0.25) is 0 Å². The first-order valence-electron chi connectivity index (χ1n) is 9.00. The largest absolute Gasteiger partial charge is 0.417 e. The van der Waals surface area contributed by atoms with Crippen molar-refractivity contribution < 1.29 is 22.0 Å². The van der Waals surface area contributed by atoms with Gasteiger partial charge in [0.15, 0.2) is 11.6 Å². The molecule has 0 fully saturated rings. The number of pyridine rings is 1. The molecule has 0 saturated carbocycles. The number of nitrogens with two attached hydrogens (primary N) is 2. The second-order valence-electron chi connectivity index (χ2n) is 6.77. The zero-order valence-corrected chi connectivity index (χ0v) is 16.8. The number of benzene rings is 1. The van der Waals surface area contributed by atoms with Crippen molar-refractivity contribution in [1.82, 2.24) is 14.1 Å². The summed E-state index contributed by atoms with van der Waals surface area (Å²) < 4.78 is 68.0. The molecule has 1 aromatic carbocycles. The van der Waals surface area contributed by atoms with Gasteiger partial charge in [-0.1, -0.05) is 5.92 Å². The molecule has 0 radical (unpaired) electrons. The Morgan fingerprint density at radius 3 is 2.39 bits per heavy atom. The number of hydrogen-bond acceptors (Lipinski definition) is 6. The average molecular weight is 466 g/mol. The minimum Gasteiger partial charge on any atom is -0.397 e. The molecule has 3 aromatic rings. The molecular formula is C20H15F5N6O2. The first kappa shape index (κ1) is 23.5. The fraction of sp³-hybridized carbons (Fsp3) is 0.150. The van der Waals surface area contributed by atoms with Gasteiger partial charge >= 0.3 is 11.9 Å². The number of nitrogen functional groups attached to an aromatic ring is 1. The molecule has 3 rings (SSSR count). The number of terminal acetylenes is 1. The van der Waals surface area contributed by atoms with Crippen LogP contribution in [0.15, 0.2) is 40.2 Å². The van der Waals surface area contributed by atoms with Crippen molar-refractivity contribution in [3.63, 3.8) is 0 Å². The zero-order valence-electron chi connectivity index (χ0n) is 16.8. The van der Waals surface area contributed by atoms with Gasteiger partial charge in [0.2, 0.25) is 0 Å². The highest BCUT2D eigenvalue weighted by atomic mass is 19.4. The van der Waals surface area contributed by atoms with Crippen molar-refractivity contribution in [2.45, 2.75) is 19.6 Å². The van der Waals surface area contributed by atoms with Crippen LogP contribution in [0.1, 0.15) is 11.3 Å². The van der Waals surface area contributed by atoms with Crippen LogP contribution in [0.4, 0.5) is 39.0 Å². The van der Waals surface area contributed by atoms with Crippen molar-refractivity contribution >= 4 is 17.1 Å². The summed E-state index contributed by atoms with van der Waals surface area (Å²) in [6.45, 7) is 0.908. The van der Waals surface area contributed by atoms with E-state index in [1.807, 2.05) is 0 Å². The first-order valence-corrected chi connectivity index (χ1v) is 9.00. The predicted octanol–water partition coefficient (Wildman–Crippen LogP) is 2.23. The Hall–Kier alpha value is -4.18. The molecule has 0 unspecified atom stereocenters. The quantitative estimate of drug-likeness (QED) is 0.201. The Kier molecular flexibility index (Phi) is 5.97. The molecule has 13 heteroatoms. The minimum atomic E-state index is -4.81. The molecule has 0 aliphatic heterocycles. The number of anilines is 3. The van der Waals surface area contributed by atoms with E-state index < -0.39 is 46.0 Å². The van der Waals surface area contributed by atoms with Crippen molar-refractivity contribution in [3.05, 3.63) is 74.3 Å². The SMILES string of the molecule is C#CCn1c(C)c(N(N)c2cc(F)c(F)cc2N)c(=O)n(-c2cncc(C(F)(F)F)c2)c1=O. The van der Waals surface area contributed by atoms with Crippen LogP contribution >= 0.6 is 0 Å². The number of rotatable bonds is 4. The maximum Gasteiger partial charge on any atom is 0.417 e. The highest BCUT2D eigenvalue weighted by Gasteiger charge is 2.32. The van der Waals surface area contributed by atoms with Gasteiger partial charge in [0.25, 0.3) is 5.56 Å². The number of aromatic nitrogens is 3. The zero-order chi connectivity index (χ0) is 24.7. The molecule has 0 saturated heterocycles. The lowest BCUT2D eigenvalue weighted by Crippen LogP contribution is -2.45. The number of hydrogen-bond donors (Lipinski definition) is 2. The van der Waals surface area contributed by atoms with E-state index in [2.05, 4.69) is 10.9 Å². The molecule has 4 N–H and O–H groups in total. The number of hydrazine groups is 1. The summed E-state index contributed by atoms with van der Waals surface area (Å²) in [6.07, 6.45) is 1.86. The second kappa shape index (κ2) is 8.40. The molecule has 0 bridgehead atoms. The first-order chi connectivity index (χ1) is 15.4. The van der Waals surface area contributed by atoms with Crippen LogP contribution in [-0.2, 0) is 12.7 Å². The van der Waals surface area contributed by atoms with Gasteiger partial charge < -0.3 is 5.73 Å². The summed E-state index contributed by atoms with van der Waals surface area (Å²) in [5, 5.41) is 0.597. The highest BCUT2D eigenvalue weighted by molar-refractivity contribution is 5.74. The normalized spacial score (nSPS) is 11.3. The van der Waals surface area contributed by atoms with Crippen LogP contribution in [0.5, 0.6) is 0 Å². The maximum absolute atomic E-state index is 13.8.